The average molecular weight is 221 g/mol. The highest BCUT2D eigenvalue weighted by atomic mass is 19.4. The molecule has 86 valence electrons. The monoisotopic (exact) mass is 221 g/mol. The Labute approximate surface area is 86.3 Å². The molecular weight excluding hydrogens is 207 g/mol. The predicted octanol–water partition coefficient (Wildman–Crippen LogP) is 2.22. The van der Waals surface area contributed by atoms with Gasteiger partial charge in [-0.15, -0.1) is 10.2 Å². The second-order valence-corrected chi connectivity index (χ2v) is 4.54. The zero-order valence-electron chi connectivity index (χ0n) is 9.18. The molecule has 0 fully saturated rings. The van der Waals surface area contributed by atoms with Gasteiger partial charge >= 0.3 is 6.18 Å². The first-order chi connectivity index (χ1) is 6.61. The van der Waals surface area contributed by atoms with Gasteiger partial charge in [-0.1, -0.05) is 20.8 Å². The second kappa shape index (κ2) is 3.50. The van der Waals surface area contributed by atoms with Gasteiger partial charge in [-0.05, 0) is 0 Å². The van der Waals surface area contributed by atoms with Crippen molar-refractivity contribution in [1.29, 1.82) is 0 Å². The van der Waals surface area contributed by atoms with Gasteiger partial charge in [0.1, 0.15) is 18.1 Å². The molecule has 0 radical (unpaired) electrons. The molecule has 0 spiro atoms. The largest absolute Gasteiger partial charge is 0.396 e. The molecule has 0 aromatic carbocycles. The fourth-order valence-corrected chi connectivity index (χ4v) is 1.35. The number of aromatic nitrogens is 3. The molecule has 0 amide bonds. The van der Waals surface area contributed by atoms with Crippen LogP contribution < -0.4 is 0 Å². The summed E-state index contributed by atoms with van der Waals surface area (Å²) >= 11 is 0. The third kappa shape index (κ3) is 2.94. The summed E-state index contributed by atoms with van der Waals surface area (Å²) in [6.07, 6.45) is -5.28. The maximum Gasteiger partial charge on any atom is 0.396 e. The number of nitrogens with zero attached hydrogens (tertiary/aromatic N) is 3. The molecule has 0 aliphatic carbocycles. The van der Waals surface area contributed by atoms with E-state index in [2.05, 4.69) is 10.2 Å². The van der Waals surface area contributed by atoms with Gasteiger partial charge in [-0.2, -0.15) is 13.2 Å². The molecule has 0 aliphatic heterocycles. The SMILES string of the molecule is Cn1c(CC(F)(F)F)nnc1C(C)(C)C. The van der Waals surface area contributed by atoms with E-state index in [1.165, 1.54) is 4.57 Å². The minimum absolute atomic E-state index is 0.0487. The van der Waals surface area contributed by atoms with Crippen LogP contribution in [0.4, 0.5) is 13.2 Å². The van der Waals surface area contributed by atoms with Crippen LogP contribution in [0.1, 0.15) is 32.4 Å². The lowest BCUT2D eigenvalue weighted by Gasteiger charge is -2.17. The van der Waals surface area contributed by atoms with E-state index in [1.807, 2.05) is 20.8 Å². The highest BCUT2D eigenvalue weighted by Crippen LogP contribution is 2.24. The molecule has 1 rings (SSSR count). The Hall–Kier alpha value is -1.07. The van der Waals surface area contributed by atoms with Crippen molar-refractivity contribution in [2.45, 2.75) is 38.8 Å². The Kier molecular flexibility index (Phi) is 2.80. The molecule has 0 saturated carbocycles. The van der Waals surface area contributed by atoms with Crippen molar-refractivity contribution in [3.63, 3.8) is 0 Å². The maximum atomic E-state index is 12.1. The van der Waals surface area contributed by atoms with E-state index in [4.69, 9.17) is 0 Å². The van der Waals surface area contributed by atoms with Gasteiger partial charge in [0.15, 0.2) is 0 Å². The topological polar surface area (TPSA) is 30.7 Å². The van der Waals surface area contributed by atoms with Crippen LogP contribution in [0.25, 0.3) is 0 Å². The van der Waals surface area contributed by atoms with E-state index in [-0.39, 0.29) is 11.2 Å². The van der Waals surface area contributed by atoms with E-state index >= 15 is 0 Å². The third-order valence-electron chi connectivity index (χ3n) is 1.99. The normalized spacial score (nSPS) is 13.3. The summed E-state index contributed by atoms with van der Waals surface area (Å²) in [5, 5.41) is 7.34. The van der Waals surface area contributed by atoms with Crippen molar-refractivity contribution < 1.29 is 13.2 Å². The van der Waals surface area contributed by atoms with Gasteiger partial charge in [0.05, 0.1) is 0 Å². The van der Waals surface area contributed by atoms with Crippen LogP contribution in [0.3, 0.4) is 0 Å². The molecule has 6 heteroatoms. The molecule has 0 aliphatic rings. The lowest BCUT2D eigenvalue weighted by Crippen LogP contribution is -2.20. The van der Waals surface area contributed by atoms with E-state index in [0.29, 0.717) is 5.82 Å². The first-order valence-corrected chi connectivity index (χ1v) is 4.57. The maximum absolute atomic E-state index is 12.1. The number of alkyl halides is 3. The molecule has 3 nitrogen and oxygen atoms in total. The van der Waals surface area contributed by atoms with Crippen LogP contribution in [0.15, 0.2) is 0 Å². The van der Waals surface area contributed by atoms with Gasteiger partial charge in [-0.3, -0.25) is 0 Å². The second-order valence-electron chi connectivity index (χ2n) is 4.54. The van der Waals surface area contributed by atoms with Crippen LogP contribution in [-0.2, 0) is 18.9 Å². The van der Waals surface area contributed by atoms with Crippen molar-refractivity contribution in [1.82, 2.24) is 14.8 Å². The summed E-state index contributed by atoms with van der Waals surface area (Å²) in [7, 11) is 1.56. The van der Waals surface area contributed by atoms with Gasteiger partial charge in [0, 0.05) is 12.5 Å². The first-order valence-electron chi connectivity index (χ1n) is 4.57. The fraction of sp³-hybridized carbons (Fsp3) is 0.778. The smallest absolute Gasteiger partial charge is 0.317 e. The number of halogens is 3. The Bertz CT molecular complexity index is 346. The number of hydrogen-bond acceptors (Lipinski definition) is 2. The first kappa shape index (κ1) is 12.0. The van der Waals surface area contributed by atoms with Gasteiger partial charge in [0.2, 0.25) is 0 Å². The number of hydrogen-bond donors (Lipinski definition) is 0. The molecule has 0 atom stereocenters. The minimum atomic E-state index is -4.24. The molecule has 0 saturated heterocycles. The molecule has 1 aromatic rings. The van der Waals surface area contributed by atoms with E-state index in [9.17, 15) is 13.2 Å². The zero-order chi connectivity index (χ0) is 11.9. The average Bonchev–Trinajstić information content (AvgIpc) is 2.27. The quantitative estimate of drug-likeness (QED) is 0.728. The van der Waals surface area contributed by atoms with Crippen molar-refractivity contribution in [3.8, 4) is 0 Å². The lowest BCUT2D eigenvalue weighted by molar-refractivity contribution is -0.129. The Morgan fingerprint density at radius 2 is 1.67 bits per heavy atom. The van der Waals surface area contributed by atoms with E-state index in [1.54, 1.807) is 7.05 Å². The summed E-state index contributed by atoms with van der Waals surface area (Å²) in [6.45, 7) is 5.65. The highest BCUT2D eigenvalue weighted by molar-refractivity contribution is 5.05. The molecule has 1 heterocycles. The molecule has 0 unspecified atom stereocenters. The van der Waals surface area contributed by atoms with Crippen LogP contribution in [0.2, 0.25) is 0 Å². The molecule has 0 bridgehead atoms. The Morgan fingerprint density at radius 3 is 2.00 bits per heavy atom. The van der Waals surface area contributed by atoms with Crippen molar-refractivity contribution in [2.75, 3.05) is 0 Å². The van der Waals surface area contributed by atoms with Crippen LogP contribution in [0.5, 0.6) is 0 Å². The zero-order valence-corrected chi connectivity index (χ0v) is 9.18. The van der Waals surface area contributed by atoms with Gasteiger partial charge in [-0.25, -0.2) is 0 Å². The summed E-state index contributed by atoms with van der Waals surface area (Å²) in [4.78, 5) is 0. The van der Waals surface area contributed by atoms with Crippen molar-refractivity contribution in [2.24, 2.45) is 7.05 Å². The Morgan fingerprint density at radius 1 is 1.13 bits per heavy atom. The van der Waals surface area contributed by atoms with Crippen molar-refractivity contribution >= 4 is 0 Å². The van der Waals surface area contributed by atoms with Gasteiger partial charge < -0.3 is 4.57 Å². The molecule has 15 heavy (non-hydrogen) atoms. The van der Waals surface area contributed by atoms with Crippen LogP contribution in [-0.4, -0.2) is 20.9 Å². The highest BCUT2D eigenvalue weighted by Gasteiger charge is 2.32. The fourth-order valence-electron chi connectivity index (χ4n) is 1.35. The van der Waals surface area contributed by atoms with Crippen molar-refractivity contribution in [3.05, 3.63) is 11.6 Å². The summed E-state index contributed by atoms with van der Waals surface area (Å²) in [6, 6.07) is 0. The van der Waals surface area contributed by atoms with E-state index in [0.717, 1.165) is 0 Å². The third-order valence-corrected chi connectivity index (χ3v) is 1.99. The van der Waals surface area contributed by atoms with E-state index < -0.39 is 12.6 Å². The summed E-state index contributed by atoms with van der Waals surface area (Å²) in [5.74, 6) is 0.508. The standard InChI is InChI=1S/C9H14F3N3/c1-8(2,3)7-14-13-6(15(7)4)5-9(10,11)12/h5H2,1-4H3. The Balaban J connectivity index is 3.00. The van der Waals surface area contributed by atoms with Gasteiger partial charge in [0.25, 0.3) is 0 Å². The molecular formula is C9H14F3N3. The molecule has 1 aromatic heterocycles. The summed E-state index contributed by atoms with van der Waals surface area (Å²) in [5.41, 5.74) is -0.300. The molecule has 0 N–H and O–H groups in total. The summed E-state index contributed by atoms with van der Waals surface area (Å²) < 4.78 is 37.8. The minimum Gasteiger partial charge on any atom is -0.317 e. The lowest BCUT2D eigenvalue weighted by atomic mass is 9.96. The van der Waals surface area contributed by atoms with Crippen LogP contribution in [0, 0.1) is 0 Å². The number of rotatable bonds is 1. The van der Waals surface area contributed by atoms with Crippen LogP contribution >= 0.6 is 0 Å². The predicted molar refractivity (Wildman–Crippen MR) is 49.5 cm³/mol.